The molecule has 7 nitrogen and oxygen atoms in total. The normalized spacial score (nSPS) is 12.2. The van der Waals surface area contributed by atoms with Gasteiger partial charge in [-0.25, -0.2) is 14.4 Å². The van der Waals surface area contributed by atoms with Crippen molar-refractivity contribution in [2.45, 2.75) is 58.6 Å². The van der Waals surface area contributed by atoms with E-state index in [1.54, 1.807) is 32.9 Å². The van der Waals surface area contributed by atoms with Crippen molar-refractivity contribution in [3.8, 4) is 5.75 Å². The molecule has 1 amide bonds. The summed E-state index contributed by atoms with van der Waals surface area (Å²) in [6.45, 7) is 7.26. The van der Waals surface area contributed by atoms with Crippen LogP contribution in [0.4, 0.5) is 4.79 Å². The third kappa shape index (κ3) is 6.94. The van der Waals surface area contributed by atoms with E-state index in [1.807, 2.05) is 37.3 Å². The predicted molar refractivity (Wildman–Crippen MR) is 125 cm³/mol. The van der Waals surface area contributed by atoms with Gasteiger partial charge in [0.25, 0.3) is 0 Å². The summed E-state index contributed by atoms with van der Waals surface area (Å²) in [7, 11) is 0. The Morgan fingerprint density at radius 1 is 1.06 bits per heavy atom. The van der Waals surface area contributed by atoms with Crippen LogP contribution in [0, 0.1) is 0 Å². The van der Waals surface area contributed by atoms with Crippen molar-refractivity contribution >= 4 is 23.0 Å². The van der Waals surface area contributed by atoms with E-state index in [2.05, 4.69) is 5.32 Å². The van der Waals surface area contributed by atoms with Gasteiger partial charge in [-0.05, 0) is 50.5 Å². The molecule has 33 heavy (non-hydrogen) atoms. The molecule has 0 spiro atoms. The van der Waals surface area contributed by atoms with E-state index in [0.717, 1.165) is 29.4 Å². The number of hydrogen-bond acceptors (Lipinski definition) is 6. The van der Waals surface area contributed by atoms with Gasteiger partial charge in [-0.2, -0.15) is 0 Å². The highest BCUT2D eigenvalue weighted by atomic mass is 16.6. The van der Waals surface area contributed by atoms with Crippen LogP contribution in [0.1, 0.15) is 45.2 Å². The van der Waals surface area contributed by atoms with Crippen molar-refractivity contribution in [3.63, 3.8) is 0 Å². The third-order valence-electron chi connectivity index (χ3n) is 4.80. The quantitative estimate of drug-likeness (QED) is 0.315. The van der Waals surface area contributed by atoms with E-state index < -0.39 is 29.3 Å². The minimum absolute atomic E-state index is 0.216. The highest BCUT2D eigenvalue weighted by Crippen LogP contribution is 2.24. The molecule has 0 aliphatic carbocycles. The summed E-state index contributed by atoms with van der Waals surface area (Å²) >= 11 is 0. The fourth-order valence-electron chi connectivity index (χ4n) is 3.43. The molecule has 0 saturated heterocycles. The van der Waals surface area contributed by atoms with Crippen molar-refractivity contribution in [1.29, 1.82) is 0 Å². The lowest BCUT2D eigenvalue weighted by atomic mass is 10.1. The Bertz CT molecular complexity index is 1180. The molecule has 3 aromatic rings. The van der Waals surface area contributed by atoms with Gasteiger partial charge < -0.3 is 19.2 Å². The first-order valence-electron chi connectivity index (χ1n) is 11.0. The van der Waals surface area contributed by atoms with Gasteiger partial charge in [0.2, 0.25) is 0 Å². The third-order valence-corrected chi connectivity index (χ3v) is 4.80. The molecule has 174 valence electrons. The zero-order valence-corrected chi connectivity index (χ0v) is 19.3. The standard InChI is InChI=1S/C26H29NO6/c1-5-9-18-15-23(28)32-22-16-19(12-13-20(18)22)31-24(29)21(14-17-10-7-6-8-11-17)27-25(30)33-26(2,3)4/h6-8,10-13,15-16,21H,5,9,14H2,1-4H3,(H,27,30)/t21-/m0/s1. The maximum atomic E-state index is 13.0. The fraction of sp³-hybridized carbons (Fsp3) is 0.346. The second kappa shape index (κ2) is 10.3. The molecule has 0 bridgehead atoms. The van der Waals surface area contributed by atoms with Crippen LogP contribution in [0.2, 0.25) is 0 Å². The highest BCUT2D eigenvalue weighted by Gasteiger charge is 2.26. The average molecular weight is 452 g/mol. The maximum absolute atomic E-state index is 13.0. The molecular weight excluding hydrogens is 422 g/mol. The van der Waals surface area contributed by atoms with Gasteiger partial charge in [0, 0.05) is 23.9 Å². The molecule has 0 aliphatic rings. The van der Waals surface area contributed by atoms with Gasteiger partial charge in [-0.15, -0.1) is 0 Å². The molecule has 3 rings (SSSR count). The van der Waals surface area contributed by atoms with Crippen molar-refractivity contribution in [2.24, 2.45) is 0 Å². The van der Waals surface area contributed by atoms with E-state index in [1.165, 1.54) is 12.1 Å². The number of ether oxygens (including phenoxy) is 2. The van der Waals surface area contributed by atoms with Gasteiger partial charge in [0.1, 0.15) is 23.0 Å². The van der Waals surface area contributed by atoms with E-state index >= 15 is 0 Å². The largest absolute Gasteiger partial charge is 0.444 e. The highest BCUT2D eigenvalue weighted by molar-refractivity contribution is 5.85. The first-order valence-corrected chi connectivity index (χ1v) is 11.0. The number of aryl methyl sites for hydroxylation is 1. The van der Waals surface area contributed by atoms with Gasteiger partial charge in [0.05, 0.1) is 0 Å². The molecule has 0 saturated carbocycles. The number of nitrogens with one attached hydrogen (secondary N) is 1. The number of alkyl carbamates (subject to hydrolysis) is 1. The van der Waals surface area contributed by atoms with Crippen LogP contribution in [-0.4, -0.2) is 23.7 Å². The number of fused-ring (bicyclic) bond motifs is 1. The van der Waals surface area contributed by atoms with Crippen LogP contribution in [0.3, 0.4) is 0 Å². The minimum atomic E-state index is -0.976. The minimum Gasteiger partial charge on any atom is -0.444 e. The lowest BCUT2D eigenvalue weighted by molar-refractivity contribution is -0.136. The molecule has 1 N–H and O–H groups in total. The number of carbonyl (C=O) groups excluding carboxylic acids is 2. The zero-order valence-electron chi connectivity index (χ0n) is 19.3. The summed E-state index contributed by atoms with van der Waals surface area (Å²) in [6, 6.07) is 14.7. The van der Waals surface area contributed by atoms with Crippen molar-refractivity contribution in [3.05, 3.63) is 76.1 Å². The smallest absolute Gasteiger partial charge is 0.408 e. The van der Waals surface area contributed by atoms with Gasteiger partial charge in [-0.3, -0.25) is 0 Å². The van der Waals surface area contributed by atoms with Gasteiger partial charge >= 0.3 is 17.7 Å². The molecule has 0 unspecified atom stereocenters. The van der Waals surface area contributed by atoms with Crippen LogP contribution in [0.15, 0.2) is 63.8 Å². The van der Waals surface area contributed by atoms with E-state index in [4.69, 9.17) is 13.9 Å². The molecule has 0 aliphatic heterocycles. The lowest BCUT2D eigenvalue weighted by Crippen LogP contribution is -2.46. The Kier molecular flexibility index (Phi) is 7.53. The molecule has 1 aromatic heterocycles. The van der Waals surface area contributed by atoms with Crippen LogP contribution in [-0.2, 0) is 22.4 Å². The molecule has 1 heterocycles. The van der Waals surface area contributed by atoms with Gasteiger partial charge in [-0.1, -0.05) is 43.7 Å². The Hall–Kier alpha value is -3.61. The van der Waals surface area contributed by atoms with E-state index in [0.29, 0.717) is 5.58 Å². The van der Waals surface area contributed by atoms with Crippen LogP contribution in [0.5, 0.6) is 5.75 Å². The van der Waals surface area contributed by atoms with E-state index in [-0.39, 0.29) is 12.2 Å². The van der Waals surface area contributed by atoms with Crippen molar-refractivity contribution < 1.29 is 23.5 Å². The molecule has 1 atom stereocenters. The topological polar surface area (TPSA) is 94.8 Å². The predicted octanol–water partition coefficient (Wildman–Crippen LogP) is 4.79. The maximum Gasteiger partial charge on any atom is 0.408 e. The number of benzene rings is 2. The Morgan fingerprint density at radius 3 is 2.45 bits per heavy atom. The number of esters is 1. The Morgan fingerprint density at radius 2 is 1.79 bits per heavy atom. The number of carbonyl (C=O) groups is 2. The monoisotopic (exact) mass is 451 g/mol. The average Bonchev–Trinajstić information content (AvgIpc) is 2.72. The Balaban J connectivity index is 1.83. The van der Waals surface area contributed by atoms with Crippen molar-refractivity contribution in [2.75, 3.05) is 0 Å². The molecule has 0 fully saturated rings. The van der Waals surface area contributed by atoms with Crippen molar-refractivity contribution in [1.82, 2.24) is 5.32 Å². The van der Waals surface area contributed by atoms with Gasteiger partial charge in [0.15, 0.2) is 0 Å². The SMILES string of the molecule is CCCc1cc(=O)oc2cc(OC(=O)[C@H](Cc3ccccc3)NC(=O)OC(C)(C)C)ccc12. The lowest BCUT2D eigenvalue weighted by Gasteiger charge is -2.23. The summed E-state index contributed by atoms with van der Waals surface area (Å²) in [6.07, 6.45) is 1.13. The second-order valence-electron chi connectivity index (χ2n) is 8.81. The summed E-state index contributed by atoms with van der Waals surface area (Å²) < 4.78 is 16.2. The summed E-state index contributed by atoms with van der Waals surface area (Å²) in [4.78, 5) is 37.3. The second-order valence-corrected chi connectivity index (χ2v) is 8.81. The van der Waals surface area contributed by atoms with E-state index in [9.17, 15) is 14.4 Å². The molecule has 7 heteroatoms. The fourth-order valence-corrected chi connectivity index (χ4v) is 3.43. The summed E-state index contributed by atoms with van der Waals surface area (Å²) in [5.41, 5.74) is 0.913. The summed E-state index contributed by atoms with van der Waals surface area (Å²) in [5, 5.41) is 3.40. The van der Waals surface area contributed by atoms with Crippen LogP contribution in [0.25, 0.3) is 11.0 Å². The first kappa shape index (κ1) is 24.0. The molecular formula is C26H29NO6. The molecule has 2 aromatic carbocycles. The Labute approximate surface area is 192 Å². The number of amides is 1. The zero-order chi connectivity index (χ0) is 24.0. The van der Waals surface area contributed by atoms with Crippen LogP contribution >= 0.6 is 0 Å². The number of rotatable bonds is 7. The first-order chi connectivity index (χ1) is 15.6. The summed E-state index contributed by atoms with van der Waals surface area (Å²) in [5.74, 6) is -0.440. The molecule has 0 radical (unpaired) electrons. The number of hydrogen-bond donors (Lipinski definition) is 1. The van der Waals surface area contributed by atoms with Crippen LogP contribution < -0.4 is 15.7 Å².